The van der Waals surface area contributed by atoms with Crippen LogP contribution in [0.3, 0.4) is 0 Å². The van der Waals surface area contributed by atoms with Crippen molar-refractivity contribution in [3.05, 3.63) is 0 Å². The first-order chi connectivity index (χ1) is 5.22. The Morgan fingerprint density at radius 3 is 2.36 bits per heavy atom. The number of hydrogen-bond acceptors (Lipinski definition) is 1. The molecule has 0 aromatic carbocycles. The molecule has 0 aromatic rings. The van der Waals surface area contributed by atoms with Crippen LogP contribution in [0.5, 0.6) is 0 Å². The van der Waals surface area contributed by atoms with E-state index in [1.807, 2.05) is 0 Å². The second-order valence-electron chi connectivity index (χ2n) is 3.46. The fourth-order valence-corrected chi connectivity index (χ4v) is 1.16. The van der Waals surface area contributed by atoms with Crippen LogP contribution in [-0.4, -0.2) is 0 Å². The summed E-state index contributed by atoms with van der Waals surface area (Å²) in [5.41, 5.74) is 0. The molecule has 1 heteroatoms. The highest BCUT2D eigenvalue weighted by atomic mass is 14.3. The van der Waals surface area contributed by atoms with Gasteiger partial charge >= 0.3 is 0 Å². The fraction of sp³-hybridized carbons (Fsp3) is 0.900. The van der Waals surface area contributed by atoms with E-state index in [0.29, 0.717) is 12.3 Å². The fourth-order valence-electron chi connectivity index (χ4n) is 1.16. The molecule has 1 nitrogen and oxygen atoms in total. The summed E-state index contributed by atoms with van der Waals surface area (Å²) in [7, 11) is 0. The minimum atomic E-state index is 0.576. The third-order valence-corrected chi connectivity index (χ3v) is 2.40. The van der Waals surface area contributed by atoms with Gasteiger partial charge in [0.25, 0.3) is 0 Å². The Labute approximate surface area is 70.4 Å². The summed E-state index contributed by atoms with van der Waals surface area (Å²) in [5, 5.41) is 8.46. The van der Waals surface area contributed by atoms with E-state index in [9.17, 15) is 0 Å². The number of unbranched alkanes of at least 4 members (excludes halogenated alkanes) is 1. The van der Waals surface area contributed by atoms with E-state index in [1.165, 1.54) is 19.3 Å². The molecule has 0 amide bonds. The van der Waals surface area contributed by atoms with Gasteiger partial charge in [0, 0.05) is 6.42 Å². The lowest BCUT2D eigenvalue weighted by Crippen LogP contribution is -2.06. The van der Waals surface area contributed by atoms with E-state index < -0.39 is 0 Å². The molecule has 0 fully saturated rings. The highest BCUT2D eigenvalue weighted by molar-refractivity contribution is 4.76. The summed E-state index contributed by atoms with van der Waals surface area (Å²) in [5.74, 6) is 1.29. The van der Waals surface area contributed by atoms with Crippen LogP contribution in [0.1, 0.15) is 46.5 Å². The summed E-state index contributed by atoms with van der Waals surface area (Å²) in [6, 6.07) is 2.22. The summed E-state index contributed by atoms with van der Waals surface area (Å²) in [6.07, 6.45) is 4.56. The number of rotatable bonds is 5. The van der Waals surface area contributed by atoms with Crippen molar-refractivity contribution in [3.63, 3.8) is 0 Å². The first-order valence-corrected chi connectivity index (χ1v) is 4.59. The van der Waals surface area contributed by atoms with Crippen LogP contribution in [0.2, 0.25) is 0 Å². The molecule has 0 radical (unpaired) electrons. The molecule has 0 aliphatic rings. The minimum Gasteiger partial charge on any atom is -0.198 e. The average Bonchev–Trinajstić information content (AvgIpc) is 2.00. The molecule has 64 valence electrons. The lowest BCUT2D eigenvalue weighted by Gasteiger charge is -2.16. The molecule has 0 heterocycles. The quantitative estimate of drug-likeness (QED) is 0.594. The van der Waals surface area contributed by atoms with E-state index in [1.54, 1.807) is 0 Å². The van der Waals surface area contributed by atoms with Crippen LogP contribution in [-0.2, 0) is 0 Å². The Morgan fingerprint density at radius 2 is 1.91 bits per heavy atom. The summed E-state index contributed by atoms with van der Waals surface area (Å²) < 4.78 is 0. The van der Waals surface area contributed by atoms with Crippen molar-refractivity contribution in [2.75, 3.05) is 0 Å². The van der Waals surface area contributed by atoms with Gasteiger partial charge < -0.3 is 0 Å². The SMILES string of the molecule is CCCCC(C)C(C)CC#N. The van der Waals surface area contributed by atoms with Gasteiger partial charge in [0.1, 0.15) is 0 Å². The van der Waals surface area contributed by atoms with Crippen LogP contribution in [0.25, 0.3) is 0 Å². The van der Waals surface area contributed by atoms with Crippen LogP contribution < -0.4 is 0 Å². The summed E-state index contributed by atoms with van der Waals surface area (Å²) in [6.45, 7) is 6.63. The van der Waals surface area contributed by atoms with Crippen LogP contribution in [0, 0.1) is 23.2 Å². The van der Waals surface area contributed by atoms with E-state index in [2.05, 4.69) is 26.8 Å². The smallest absolute Gasteiger partial charge is 0.0624 e. The van der Waals surface area contributed by atoms with Gasteiger partial charge in [-0.2, -0.15) is 5.26 Å². The molecule has 2 unspecified atom stereocenters. The van der Waals surface area contributed by atoms with E-state index in [-0.39, 0.29) is 0 Å². The van der Waals surface area contributed by atoms with Gasteiger partial charge in [-0.25, -0.2) is 0 Å². The molecule has 0 spiro atoms. The van der Waals surface area contributed by atoms with E-state index in [0.717, 1.165) is 5.92 Å². The van der Waals surface area contributed by atoms with Gasteiger partial charge in [-0.05, 0) is 11.8 Å². The topological polar surface area (TPSA) is 23.8 Å². The maximum atomic E-state index is 8.46. The highest BCUT2D eigenvalue weighted by Gasteiger charge is 2.10. The van der Waals surface area contributed by atoms with Crippen molar-refractivity contribution in [1.82, 2.24) is 0 Å². The number of hydrogen-bond donors (Lipinski definition) is 0. The molecule has 0 rings (SSSR count). The third-order valence-electron chi connectivity index (χ3n) is 2.40. The van der Waals surface area contributed by atoms with Crippen molar-refractivity contribution in [1.29, 1.82) is 5.26 Å². The van der Waals surface area contributed by atoms with Crippen molar-refractivity contribution in [2.24, 2.45) is 11.8 Å². The normalized spacial score (nSPS) is 15.5. The molecule has 2 atom stereocenters. The molecular weight excluding hydrogens is 134 g/mol. The van der Waals surface area contributed by atoms with Crippen LogP contribution in [0.4, 0.5) is 0 Å². The minimum absolute atomic E-state index is 0.576. The largest absolute Gasteiger partial charge is 0.198 e. The second-order valence-corrected chi connectivity index (χ2v) is 3.46. The van der Waals surface area contributed by atoms with Crippen molar-refractivity contribution < 1.29 is 0 Å². The van der Waals surface area contributed by atoms with Gasteiger partial charge in [0.15, 0.2) is 0 Å². The van der Waals surface area contributed by atoms with Crippen molar-refractivity contribution >= 4 is 0 Å². The van der Waals surface area contributed by atoms with Crippen molar-refractivity contribution in [2.45, 2.75) is 46.5 Å². The zero-order valence-corrected chi connectivity index (χ0v) is 7.93. The Hall–Kier alpha value is -0.510. The highest BCUT2D eigenvalue weighted by Crippen LogP contribution is 2.19. The van der Waals surface area contributed by atoms with E-state index in [4.69, 9.17) is 5.26 Å². The first-order valence-electron chi connectivity index (χ1n) is 4.59. The number of nitrogens with zero attached hydrogens (tertiary/aromatic N) is 1. The first kappa shape index (κ1) is 10.5. The zero-order valence-electron chi connectivity index (χ0n) is 7.93. The third kappa shape index (κ3) is 4.84. The predicted molar refractivity (Wildman–Crippen MR) is 48.1 cm³/mol. The summed E-state index contributed by atoms with van der Waals surface area (Å²) in [4.78, 5) is 0. The van der Waals surface area contributed by atoms with Crippen LogP contribution in [0.15, 0.2) is 0 Å². The molecule has 0 saturated carbocycles. The molecular formula is C10H19N. The van der Waals surface area contributed by atoms with Gasteiger partial charge in [-0.1, -0.05) is 40.0 Å². The summed E-state index contributed by atoms with van der Waals surface area (Å²) >= 11 is 0. The molecule has 0 bridgehead atoms. The van der Waals surface area contributed by atoms with E-state index >= 15 is 0 Å². The molecule has 0 aliphatic carbocycles. The molecule has 0 aliphatic heterocycles. The Morgan fingerprint density at radius 1 is 1.27 bits per heavy atom. The molecule has 0 saturated heterocycles. The lowest BCUT2D eigenvalue weighted by atomic mass is 9.89. The predicted octanol–water partition coefficient (Wildman–Crippen LogP) is 3.36. The Bertz CT molecular complexity index is 123. The lowest BCUT2D eigenvalue weighted by molar-refractivity contribution is 0.360. The van der Waals surface area contributed by atoms with Gasteiger partial charge in [-0.15, -0.1) is 0 Å². The standard InChI is InChI=1S/C10H19N/c1-4-5-6-9(2)10(3)7-8-11/h9-10H,4-7H2,1-3H3. The van der Waals surface area contributed by atoms with Crippen LogP contribution >= 0.6 is 0 Å². The maximum absolute atomic E-state index is 8.46. The zero-order chi connectivity index (χ0) is 8.69. The monoisotopic (exact) mass is 153 g/mol. The van der Waals surface area contributed by atoms with Gasteiger partial charge in [-0.3, -0.25) is 0 Å². The maximum Gasteiger partial charge on any atom is 0.0624 e. The molecule has 11 heavy (non-hydrogen) atoms. The molecule has 0 N–H and O–H groups in total. The Balaban J connectivity index is 3.48. The Kier molecular flexibility index (Phi) is 5.93. The van der Waals surface area contributed by atoms with Crippen molar-refractivity contribution in [3.8, 4) is 6.07 Å². The second kappa shape index (κ2) is 6.22. The number of nitriles is 1. The van der Waals surface area contributed by atoms with Gasteiger partial charge in [0.05, 0.1) is 6.07 Å². The average molecular weight is 153 g/mol. The van der Waals surface area contributed by atoms with Gasteiger partial charge in [0.2, 0.25) is 0 Å². The molecule has 0 aromatic heterocycles.